The number of alkyl halides is 3. The summed E-state index contributed by atoms with van der Waals surface area (Å²) in [5, 5.41) is 4.84. The Bertz CT molecular complexity index is 1270. The third-order valence-electron chi connectivity index (χ3n) is 6.80. The van der Waals surface area contributed by atoms with Crippen LogP contribution in [0.25, 0.3) is 0 Å². The molecule has 0 aromatic heterocycles. The SMILES string of the molecule is Cc1cccc(C2=N[C@H](NC(=O)[C@H](CCC(F)(F)F)[C@H](CC3CC3)C(N)=O)C(=O)Nc3c(F)cccc32)c1. The predicted octanol–water partition coefficient (Wildman–Crippen LogP) is 4.23. The molecule has 1 aliphatic heterocycles. The average molecular weight is 533 g/mol. The maximum atomic E-state index is 14.7. The van der Waals surface area contributed by atoms with Crippen LogP contribution in [-0.2, 0) is 14.4 Å². The number of benzene rings is 2. The molecule has 2 aromatic rings. The van der Waals surface area contributed by atoms with Crippen molar-refractivity contribution in [1.29, 1.82) is 0 Å². The summed E-state index contributed by atoms with van der Waals surface area (Å²) >= 11 is 0. The minimum absolute atomic E-state index is 0.110. The fraction of sp³-hybridized carbons (Fsp3) is 0.407. The van der Waals surface area contributed by atoms with Crippen molar-refractivity contribution >= 4 is 29.1 Å². The van der Waals surface area contributed by atoms with E-state index in [0.717, 1.165) is 24.5 Å². The van der Waals surface area contributed by atoms with Crippen molar-refractivity contribution in [3.05, 3.63) is 65.0 Å². The first kappa shape index (κ1) is 27.3. The summed E-state index contributed by atoms with van der Waals surface area (Å²) in [5.74, 6) is -5.85. The highest BCUT2D eigenvalue weighted by molar-refractivity contribution is 6.20. The van der Waals surface area contributed by atoms with E-state index in [1.54, 1.807) is 24.3 Å². The number of nitrogens with two attached hydrogens (primary N) is 1. The second-order valence-corrected chi connectivity index (χ2v) is 9.86. The first-order valence-electron chi connectivity index (χ1n) is 12.3. The number of fused-ring (bicyclic) bond motifs is 1. The Morgan fingerprint density at radius 2 is 1.87 bits per heavy atom. The molecule has 1 saturated carbocycles. The summed E-state index contributed by atoms with van der Waals surface area (Å²) in [4.78, 5) is 43.1. The van der Waals surface area contributed by atoms with E-state index in [-0.39, 0.29) is 29.3 Å². The van der Waals surface area contributed by atoms with Crippen molar-refractivity contribution in [2.45, 2.75) is 51.4 Å². The predicted molar refractivity (Wildman–Crippen MR) is 133 cm³/mol. The van der Waals surface area contributed by atoms with Gasteiger partial charge in [0.15, 0.2) is 0 Å². The molecule has 4 N–H and O–H groups in total. The van der Waals surface area contributed by atoms with E-state index in [0.29, 0.717) is 5.56 Å². The van der Waals surface area contributed by atoms with Gasteiger partial charge in [-0.25, -0.2) is 9.38 Å². The number of aryl methyl sites for hydroxylation is 1. The van der Waals surface area contributed by atoms with Crippen LogP contribution in [0.2, 0.25) is 0 Å². The Kier molecular flexibility index (Phi) is 7.84. The zero-order valence-electron chi connectivity index (χ0n) is 20.6. The molecule has 3 atom stereocenters. The number of hydrogen-bond acceptors (Lipinski definition) is 4. The molecule has 7 nitrogen and oxygen atoms in total. The molecule has 38 heavy (non-hydrogen) atoms. The number of halogens is 4. The molecule has 1 heterocycles. The van der Waals surface area contributed by atoms with Crippen LogP contribution in [0.5, 0.6) is 0 Å². The zero-order valence-corrected chi connectivity index (χ0v) is 20.6. The molecule has 0 saturated heterocycles. The van der Waals surface area contributed by atoms with Gasteiger partial charge in [-0.1, -0.05) is 48.7 Å². The lowest BCUT2D eigenvalue weighted by molar-refractivity contribution is -0.146. The van der Waals surface area contributed by atoms with Gasteiger partial charge in [0.05, 0.1) is 11.4 Å². The molecule has 0 bridgehead atoms. The number of primary amides is 1. The molecular formula is C27H28F4N4O3. The van der Waals surface area contributed by atoms with Gasteiger partial charge in [0.1, 0.15) is 5.82 Å². The Balaban J connectivity index is 1.69. The third-order valence-corrected chi connectivity index (χ3v) is 6.80. The first-order valence-corrected chi connectivity index (χ1v) is 12.3. The second-order valence-electron chi connectivity index (χ2n) is 9.86. The van der Waals surface area contributed by atoms with Gasteiger partial charge in [-0.05, 0) is 37.8 Å². The molecule has 4 rings (SSSR count). The van der Waals surface area contributed by atoms with Crippen LogP contribution in [0.15, 0.2) is 47.5 Å². The van der Waals surface area contributed by atoms with Crippen molar-refractivity contribution in [1.82, 2.24) is 5.32 Å². The van der Waals surface area contributed by atoms with Crippen molar-refractivity contribution in [3.8, 4) is 0 Å². The minimum Gasteiger partial charge on any atom is -0.369 e. The fourth-order valence-corrected chi connectivity index (χ4v) is 4.68. The Labute approximate surface area is 216 Å². The summed E-state index contributed by atoms with van der Waals surface area (Å²) in [6.45, 7) is 1.84. The molecular weight excluding hydrogens is 504 g/mol. The molecule has 2 aromatic carbocycles. The van der Waals surface area contributed by atoms with E-state index < -0.39 is 60.6 Å². The summed E-state index contributed by atoms with van der Waals surface area (Å²) < 4.78 is 54.0. The lowest BCUT2D eigenvalue weighted by atomic mass is 9.83. The lowest BCUT2D eigenvalue weighted by Crippen LogP contribution is -2.48. The number of para-hydroxylation sites is 1. The summed E-state index contributed by atoms with van der Waals surface area (Å²) in [6, 6.07) is 11.2. The Morgan fingerprint density at radius 3 is 2.50 bits per heavy atom. The van der Waals surface area contributed by atoms with E-state index in [1.165, 1.54) is 6.07 Å². The Morgan fingerprint density at radius 1 is 1.16 bits per heavy atom. The van der Waals surface area contributed by atoms with E-state index in [1.807, 2.05) is 13.0 Å². The maximum Gasteiger partial charge on any atom is 0.389 e. The summed E-state index contributed by atoms with van der Waals surface area (Å²) in [5.41, 5.74) is 7.28. The number of nitrogens with zero attached hydrogens (tertiary/aromatic N) is 1. The highest BCUT2D eigenvalue weighted by Crippen LogP contribution is 2.39. The van der Waals surface area contributed by atoms with E-state index in [2.05, 4.69) is 15.6 Å². The van der Waals surface area contributed by atoms with Crippen LogP contribution in [-0.4, -0.2) is 35.8 Å². The van der Waals surface area contributed by atoms with E-state index >= 15 is 0 Å². The van der Waals surface area contributed by atoms with Crippen molar-refractivity contribution in [2.24, 2.45) is 28.5 Å². The topological polar surface area (TPSA) is 114 Å². The molecule has 202 valence electrons. The second kappa shape index (κ2) is 10.9. The summed E-state index contributed by atoms with van der Waals surface area (Å²) in [6.07, 6.45) is -6.33. The first-order chi connectivity index (χ1) is 17.9. The van der Waals surface area contributed by atoms with Gasteiger partial charge in [0.2, 0.25) is 18.0 Å². The van der Waals surface area contributed by atoms with Gasteiger partial charge in [-0.2, -0.15) is 13.2 Å². The number of amides is 3. The van der Waals surface area contributed by atoms with Crippen molar-refractivity contribution in [2.75, 3.05) is 5.32 Å². The molecule has 1 fully saturated rings. The van der Waals surface area contributed by atoms with E-state index in [4.69, 9.17) is 5.73 Å². The number of anilines is 1. The van der Waals surface area contributed by atoms with Crippen LogP contribution in [0.4, 0.5) is 23.2 Å². The molecule has 1 aliphatic carbocycles. The smallest absolute Gasteiger partial charge is 0.369 e. The number of carbonyl (C=O) groups excluding carboxylic acids is 3. The minimum atomic E-state index is -4.56. The Hall–Kier alpha value is -3.76. The fourth-order valence-electron chi connectivity index (χ4n) is 4.68. The quantitative estimate of drug-likeness (QED) is 0.420. The van der Waals surface area contributed by atoms with Crippen molar-refractivity contribution in [3.63, 3.8) is 0 Å². The average Bonchev–Trinajstić information content (AvgIpc) is 3.66. The largest absolute Gasteiger partial charge is 0.389 e. The summed E-state index contributed by atoms with van der Waals surface area (Å²) in [7, 11) is 0. The molecule has 0 unspecified atom stereocenters. The van der Waals surface area contributed by atoms with Crippen molar-refractivity contribution < 1.29 is 31.9 Å². The number of hydrogen-bond donors (Lipinski definition) is 3. The van der Waals surface area contributed by atoms with Gasteiger partial charge >= 0.3 is 6.18 Å². The normalized spacial score (nSPS) is 18.9. The number of carbonyl (C=O) groups is 3. The lowest BCUT2D eigenvalue weighted by Gasteiger charge is -2.26. The van der Waals surface area contributed by atoms with Gasteiger partial charge < -0.3 is 16.4 Å². The van der Waals surface area contributed by atoms with Crippen LogP contribution >= 0.6 is 0 Å². The van der Waals surface area contributed by atoms with Crippen LogP contribution in [0.1, 0.15) is 48.8 Å². The molecule has 11 heteroatoms. The molecule has 0 radical (unpaired) electrons. The number of nitrogens with one attached hydrogen (secondary N) is 2. The standard InChI is InChI=1S/C27H28F4N4O3/c1-14-4-2-5-16(12-14)21-18-6-3-7-20(28)22(18)34-26(38)24(33-21)35-25(37)17(10-11-27(29,30)31)19(23(32)36)13-15-8-9-15/h2-7,12,15,17,19,24H,8-11,13H2,1H3,(H2,32,36)(H,34,38)(H,35,37)/t17-,19+,24-/m1/s1. The third kappa shape index (κ3) is 6.56. The highest BCUT2D eigenvalue weighted by atomic mass is 19.4. The molecule has 2 aliphatic rings. The zero-order chi connectivity index (χ0) is 27.6. The number of rotatable bonds is 9. The highest BCUT2D eigenvalue weighted by Gasteiger charge is 2.41. The van der Waals surface area contributed by atoms with Crippen LogP contribution in [0, 0.1) is 30.5 Å². The van der Waals surface area contributed by atoms with Gasteiger partial charge in [0.25, 0.3) is 5.91 Å². The van der Waals surface area contributed by atoms with E-state index in [9.17, 15) is 31.9 Å². The van der Waals surface area contributed by atoms with Crippen LogP contribution in [0.3, 0.4) is 0 Å². The molecule has 3 amide bonds. The van der Waals surface area contributed by atoms with Gasteiger partial charge in [-0.3, -0.25) is 14.4 Å². The maximum absolute atomic E-state index is 14.7. The van der Waals surface area contributed by atoms with Gasteiger partial charge in [-0.15, -0.1) is 0 Å². The molecule has 0 spiro atoms. The number of benzodiazepines with no additional fused rings is 1. The van der Waals surface area contributed by atoms with Crippen LogP contribution < -0.4 is 16.4 Å². The monoisotopic (exact) mass is 532 g/mol. The number of aliphatic imine (C=N–C) groups is 1. The van der Waals surface area contributed by atoms with Gasteiger partial charge in [0, 0.05) is 29.4 Å².